The number of hydrogen-bond donors (Lipinski definition) is 1. The zero-order valence-corrected chi connectivity index (χ0v) is 17.3. The van der Waals surface area contributed by atoms with Crippen molar-refractivity contribution < 1.29 is 9.18 Å². The molecule has 0 atom stereocenters. The first-order chi connectivity index (χ1) is 15.6. The number of nitrogens with zero attached hydrogens (tertiary/aromatic N) is 3. The highest BCUT2D eigenvalue weighted by atomic mass is 19.1. The molecule has 1 aliphatic heterocycles. The molecular formula is C25H21FN4O2. The van der Waals surface area contributed by atoms with Crippen molar-refractivity contribution in [3.8, 4) is 5.69 Å². The maximum Gasteiger partial charge on any atom is 0.267 e. The number of anilines is 2. The van der Waals surface area contributed by atoms with Gasteiger partial charge in [-0.1, -0.05) is 24.3 Å². The maximum atomic E-state index is 13.5. The predicted octanol–water partition coefficient (Wildman–Crippen LogP) is 4.38. The van der Waals surface area contributed by atoms with Gasteiger partial charge in [-0.3, -0.25) is 9.59 Å². The Kier molecular flexibility index (Phi) is 5.15. The molecule has 160 valence electrons. The van der Waals surface area contributed by atoms with Crippen LogP contribution in [0.1, 0.15) is 23.2 Å². The average molecular weight is 428 g/mol. The third kappa shape index (κ3) is 3.73. The highest BCUT2D eigenvalue weighted by Crippen LogP contribution is 2.23. The van der Waals surface area contributed by atoms with Crippen molar-refractivity contribution in [1.29, 1.82) is 0 Å². The van der Waals surface area contributed by atoms with E-state index in [1.807, 2.05) is 30.3 Å². The Morgan fingerprint density at radius 3 is 2.47 bits per heavy atom. The molecule has 0 spiro atoms. The summed E-state index contributed by atoms with van der Waals surface area (Å²) in [6, 6.07) is 20.0. The van der Waals surface area contributed by atoms with Gasteiger partial charge in [-0.05, 0) is 61.4 Å². The molecule has 0 bridgehead atoms. The first-order valence-corrected chi connectivity index (χ1v) is 10.5. The van der Waals surface area contributed by atoms with E-state index in [-0.39, 0.29) is 5.56 Å². The molecule has 1 amide bonds. The lowest BCUT2D eigenvalue weighted by molar-refractivity contribution is 0.102. The summed E-state index contributed by atoms with van der Waals surface area (Å²) in [5, 5.41) is 3.11. The molecule has 1 N–H and O–H groups in total. The first-order valence-electron chi connectivity index (χ1n) is 10.5. The van der Waals surface area contributed by atoms with Gasteiger partial charge in [0.15, 0.2) is 0 Å². The van der Waals surface area contributed by atoms with E-state index < -0.39 is 11.7 Å². The van der Waals surface area contributed by atoms with Crippen LogP contribution in [0, 0.1) is 5.82 Å². The molecule has 3 aromatic carbocycles. The van der Waals surface area contributed by atoms with Crippen LogP contribution in [0.4, 0.5) is 16.0 Å². The van der Waals surface area contributed by atoms with Crippen LogP contribution in [0.2, 0.25) is 0 Å². The number of fused-ring (bicyclic) bond motifs is 1. The molecule has 0 radical (unpaired) electrons. The van der Waals surface area contributed by atoms with Crippen LogP contribution in [0.5, 0.6) is 0 Å². The third-order valence-electron chi connectivity index (χ3n) is 5.60. The van der Waals surface area contributed by atoms with Crippen LogP contribution in [0.25, 0.3) is 16.6 Å². The topological polar surface area (TPSA) is 67.2 Å². The van der Waals surface area contributed by atoms with Gasteiger partial charge in [0.05, 0.1) is 16.6 Å². The van der Waals surface area contributed by atoms with E-state index in [1.165, 1.54) is 18.2 Å². The number of rotatable bonds is 4. The molecule has 7 heteroatoms. The molecule has 0 aliphatic carbocycles. The van der Waals surface area contributed by atoms with E-state index >= 15 is 0 Å². The molecule has 1 saturated heterocycles. The predicted molar refractivity (Wildman–Crippen MR) is 123 cm³/mol. The minimum atomic E-state index is -0.431. The monoisotopic (exact) mass is 428 g/mol. The fourth-order valence-electron chi connectivity index (χ4n) is 4.02. The lowest BCUT2D eigenvalue weighted by Crippen LogP contribution is -2.30. The quantitative estimate of drug-likeness (QED) is 0.524. The number of para-hydroxylation sites is 1. The molecule has 32 heavy (non-hydrogen) atoms. The van der Waals surface area contributed by atoms with Gasteiger partial charge in [0.1, 0.15) is 5.82 Å². The molecule has 6 nitrogen and oxygen atoms in total. The fraction of sp³-hybridized carbons (Fsp3) is 0.160. The van der Waals surface area contributed by atoms with Crippen LogP contribution in [0.3, 0.4) is 0 Å². The van der Waals surface area contributed by atoms with E-state index in [0.717, 1.165) is 31.6 Å². The molecule has 1 aromatic heterocycles. The Balaban J connectivity index is 1.60. The largest absolute Gasteiger partial charge is 0.342 e. The molecule has 1 fully saturated rings. The van der Waals surface area contributed by atoms with E-state index in [4.69, 9.17) is 4.98 Å². The summed E-state index contributed by atoms with van der Waals surface area (Å²) < 4.78 is 15.1. The Labute approximate surface area is 183 Å². The Morgan fingerprint density at radius 1 is 0.938 bits per heavy atom. The van der Waals surface area contributed by atoms with Crippen molar-refractivity contribution >= 4 is 28.4 Å². The highest BCUT2D eigenvalue weighted by molar-refractivity contribution is 6.06. The van der Waals surface area contributed by atoms with Crippen molar-refractivity contribution in [3.05, 3.63) is 94.5 Å². The van der Waals surface area contributed by atoms with Gasteiger partial charge in [0, 0.05) is 24.3 Å². The van der Waals surface area contributed by atoms with Gasteiger partial charge in [-0.25, -0.2) is 13.9 Å². The van der Waals surface area contributed by atoms with Crippen molar-refractivity contribution in [2.75, 3.05) is 23.3 Å². The first kappa shape index (κ1) is 19.9. The molecule has 4 aromatic rings. The van der Waals surface area contributed by atoms with Crippen molar-refractivity contribution in [2.24, 2.45) is 0 Å². The average Bonchev–Trinajstić information content (AvgIpc) is 3.34. The van der Waals surface area contributed by atoms with E-state index in [2.05, 4.69) is 10.2 Å². The van der Waals surface area contributed by atoms with Crippen molar-refractivity contribution in [2.45, 2.75) is 12.8 Å². The summed E-state index contributed by atoms with van der Waals surface area (Å²) in [5.74, 6) is -0.247. The lowest BCUT2D eigenvalue weighted by Gasteiger charge is -2.22. The number of amides is 1. The molecular weight excluding hydrogens is 407 g/mol. The summed E-state index contributed by atoms with van der Waals surface area (Å²) in [6.45, 7) is 1.65. The Hall–Kier alpha value is -4.00. The summed E-state index contributed by atoms with van der Waals surface area (Å²) in [6.07, 6.45) is 2.08. The Bertz CT molecular complexity index is 1360. The number of benzene rings is 3. The summed E-state index contributed by atoms with van der Waals surface area (Å²) in [4.78, 5) is 33.1. The number of aromatic nitrogens is 2. The zero-order valence-electron chi connectivity index (χ0n) is 17.3. The minimum absolute atomic E-state index is 0.180. The van der Waals surface area contributed by atoms with E-state index in [0.29, 0.717) is 28.1 Å². The smallest absolute Gasteiger partial charge is 0.267 e. The van der Waals surface area contributed by atoms with Gasteiger partial charge in [-0.15, -0.1) is 0 Å². The van der Waals surface area contributed by atoms with E-state index in [9.17, 15) is 14.0 Å². The van der Waals surface area contributed by atoms with Gasteiger partial charge >= 0.3 is 0 Å². The number of nitrogens with one attached hydrogen (secondary N) is 1. The van der Waals surface area contributed by atoms with Crippen LogP contribution >= 0.6 is 0 Å². The van der Waals surface area contributed by atoms with Crippen LogP contribution < -0.4 is 15.8 Å². The number of carbonyl (C=O) groups is 1. The number of carbonyl (C=O) groups excluding carboxylic acids is 1. The lowest BCUT2D eigenvalue weighted by atomic mass is 10.1. The van der Waals surface area contributed by atoms with Gasteiger partial charge < -0.3 is 10.2 Å². The molecule has 0 unspecified atom stereocenters. The summed E-state index contributed by atoms with van der Waals surface area (Å²) >= 11 is 0. The van der Waals surface area contributed by atoms with Gasteiger partial charge in [0.25, 0.3) is 11.5 Å². The SMILES string of the molecule is O=C(Nc1cccc(F)c1)c1ccc2c(=O)n(-c3ccccc3)c(N3CCCC3)nc2c1. The summed E-state index contributed by atoms with van der Waals surface area (Å²) in [5.41, 5.74) is 1.73. The molecule has 0 saturated carbocycles. The van der Waals surface area contributed by atoms with Gasteiger partial charge in [-0.2, -0.15) is 0 Å². The van der Waals surface area contributed by atoms with Gasteiger partial charge in [0.2, 0.25) is 5.95 Å². The second-order valence-corrected chi connectivity index (χ2v) is 7.78. The highest BCUT2D eigenvalue weighted by Gasteiger charge is 2.21. The van der Waals surface area contributed by atoms with Crippen molar-refractivity contribution in [1.82, 2.24) is 9.55 Å². The third-order valence-corrected chi connectivity index (χ3v) is 5.60. The number of hydrogen-bond acceptors (Lipinski definition) is 4. The fourth-order valence-corrected chi connectivity index (χ4v) is 4.02. The second-order valence-electron chi connectivity index (χ2n) is 7.78. The zero-order chi connectivity index (χ0) is 22.1. The van der Waals surface area contributed by atoms with Crippen LogP contribution in [0.15, 0.2) is 77.6 Å². The molecule has 5 rings (SSSR count). The Morgan fingerprint density at radius 2 is 1.72 bits per heavy atom. The summed E-state index contributed by atoms with van der Waals surface area (Å²) in [7, 11) is 0. The molecule has 1 aliphatic rings. The normalized spacial score (nSPS) is 13.5. The van der Waals surface area contributed by atoms with E-state index in [1.54, 1.807) is 28.8 Å². The van der Waals surface area contributed by atoms with Crippen molar-refractivity contribution in [3.63, 3.8) is 0 Å². The maximum absolute atomic E-state index is 13.5. The minimum Gasteiger partial charge on any atom is -0.342 e. The molecule has 2 heterocycles. The van der Waals surface area contributed by atoms with Crippen LogP contribution in [-0.2, 0) is 0 Å². The van der Waals surface area contributed by atoms with Crippen LogP contribution in [-0.4, -0.2) is 28.5 Å². The standard InChI is InChI=1S/C25H21FN4O2/c26-18-7-6-8-19(16-18)27-23(31)17-11-12-21-22(15-17)28-25(29-13-4-5-14-29)30(24(21)32)20-9-2-1-3-10-20/h1-3,6-12,15-16H,4-5,13-14H2,(H,27,31). The second kappa shape index (κ2) is 8.26. The number of halogens is 1.